The maximum Gasteiger partial charge on any atom is 0.0686 e. The molecule has 2 aromatic rings. The number of halogens is 1. The fourth-order valence-electron chi connectivity index (χ4n) is 3.07. The normalized spacial score (nSPS) is 15.2. The smallest absolute Gasteiger partial charge is 0.0686 e. The first-order valence-corrected chi connectivity index (χ1v) is 9.05. The number of hydrogen-bond donors (Lipinski definition) is 1. The van der Waals surface area contributed by atoms with Crippen molar-refractivity contribution in [1.29, 1.82) is 0 Å². The van der Waals surface area contributed by atoms with E-state index in [0.29, 0.717) is 0 Å². The van der Waals surface area contributed by atoms with E-state index < -0.39 is 0 Å². The van der Waals surface area contributed by atoms with Crippen molar-refractivity contribution in [2.45, 2.75) is 45.6 Å². The Labute approximate surface area is 136 Å². The average molecular weight is 320 g/mol. The summed E-state index contributed by atoms with van der Waals surface area (Å²) in [6, 6.07) is 7.21. The van der Waals surface area contributed by atoms with Gasteiger partial charge in [0.2, 0.25) is 0 Å². The molecule has 1 nitrogen and oxygen atoms in total. The molecule has 1 aromatic carbocycles. The molecule has 112 valence electrons. The van der Waals surface area contributed by atoms with Crippen LogP contribution in [0.25, 0.3) is 0 Å². The first-order valence-electron chi connectivity index (χ1n) is 7.79. The highest BCUT2D eigenvalue weighted by Gasteiger charge is 2.21. The molecule has 1 aliphatic carbocycles. The molecule has 3 rings (SSSR count). The van der Waals surface area contributed by atoms with Crippen LogP contribution in [0.3, 0.4) is 0 Å². The van der Waals surface area contributed by atoms with Crippen LogP contribution in [-0.4, -0.2) is 6.54 Å². The summed E-state index contributed by atoms with van der Waals surface area (Å²) in [7, 11) is 0. The second kappa shape index (κ2) is 6.51. The van der Waals surface area contributed by atoms with Gasteiger partial charge in [-0.3, -0.25) is 0 Å². The molecule has 1 aromatic heterocycles. The van der Waals surface area contributed by atoms with Crippen LogP contribution in [0.4, 0.5) is 0 Å². The second-order valence-corrected chi connectivity index (χ2v) is 7.15. The van der Waals surface area contributed by atoms with Gasteiger partial charge in [0.1, 0.15) is 0 Å². The third kappa shape index (κ3) is 3.03. The Bertz CT molecular complexity index is 632. The summed E-state index contributed by atoms with van der Waals surface area (Å²) >= 11 is 8.29. The molecule has 0 saturated heterocycles. The molecule has 0 spiro atoms. The predicted molar refractivity (Wildman–Crippen MR) is 92.7 cm³/mol. The summed E-state index contributed by atoms with van der Waals surface area (Å²) in [6.45, 7) is 5.30. The number of hydrogen-bond acceptors (Lipinski definition) is 2. The molecule has 1 unspecified atom stereocenters. The molecule has 0 bridgehead atoms. The van der Waals surface area contributed by atoms with Crippen LogP contribution in [0.15, 0.2) is 23.6 Å². The summed E-state index contributed by atoms with van der Waals surface area (Å²) in [5, 5.41) is 6.76. The van der Waals surface area contributed by atoms with Crippen LogP contribution in [0.2, 0.25) is 5.02 Å². The molecule has 3 heteroatoms. The number of thiophene rings is 1. The summed E-state index contributed by atoms with van der Waals surface area (Å²) in [6.07, 6.45) is 4.89. The molecule has 0 amide bonds. The highest BCUT2D eigenvalue weighted by Crippen LogP contribution is 2.37. The number of rotatable bonds is 5. The van der Waals surface area contributed by atoms with Crippen LogP contribution < -0.4 is 5.32 Å². The van der Waals surface area contributed by atoms with E-state index in [1.807, 2.05) is 0 Å². The molecular formula is C18H22ClNS. The van der Waals surface area contributed by atoms with Crippen molar-refractivity contribution in [2.24, 2.45) is 0 Å². The van der Waals surface area contributed by atoms with Crippen molar-refractivity contribution in [3.8, 4) is 0 Å². The molecule has 1 aliphatic rings. The van der Waals surface area contributed by atoms with E-state index in [0.717, 1.165) is 18.0 Å². The Morgan fingerprint density at radius 1 is 1.29 bits per heavy atom. The van der Waals surface area contributed by atoms with E-state index in [2.05, 4.69) is 42.7 Å². The molecule has 0 fully saturated rings. The van der Waals surface area contributed by atoms with Crippen LogP contribution >= 0.6 is 22.9 Å². The van der Waals surface area contributed by atoms with E-state index in [-0.39, 0.29) is 6.04 Å². The maximum atomic E-state index is 6.52. The Morgan fingerprint density at radius 2 is 2.10 bits per heavy atom. The first kappa shape index (κ1) is 15.1. The summed E-state index contributed by atoms with van der Waals surface area (Å²) in [5.74, 6) is 0. The predicted octanol–water partition coefficient (Wildman–Crippen LogP) is 5.29. The Morgan fingerprint density at radius 3 is 2.81 bits per heavy atom. The molecule has 1 atom stereocenters. The fraction of sp³-hybridized carbons (Fsp3) is 0.444. The minimum atomic E-state index is 0.224. The van der Waals surface area contributed by atoms with Gasteiger partial charge in [-0.05, 0) is 66.8 Å². The maximum absolute atomic E-state index is 6.52. The van der Waals surface area contributed by atoms with E-state index in [1.54, 1.807) is 11.3 Å². The van der Waals surface area contributed by atoms with Crippen molar-refractivity contribution < 1.29 is 0 Å². The van der Waals surface area contributed by atoms with Crippen LogP contribution in [0.5, 0.6) is 0 Å². The number of nitrogens with one attached hydrogen (secondary N) is 1. The largest absolute Gasteiger partial charge is 0.306 e. The van der Waals surface area contributed by atoms with E-state index in [1.165, 1.54) is 46.4 Å². The lowest BCUT2D eigenvalue weighted by Crippen LogP contribution is -2.22. The molecule has 0 radical (unpaired) electrons. The van der Waals surface area contributed by atoms with Gasteiger partial charge < -0.3 is 5.32 Å². The van der Waals surface area contributed by atoms with Gasteiger partial charge in [-0.2, -0.15) is 0 Å². The summed E-state index contributed by atoms with van der Waals surface area (Å²) < 4.78 is 0. The highest BCUT2D eigenvalue weighted by molar-refractivity contribution is 7.10. The minimum absolute atomic E-state index is 0.224. The molecule has 1 N–H and O–H groups in total. The Kier molecular flexibility index (Phi) is 4.68. The standard InChI is InChI=1S/C18H22ClNS/c1-3-9-20-17(18-16(19)12(2)11-21-18)15-8-7-13-5-4-6-14(13)10-15/h7-8,10-11,17,20H,3-6,9H2,1-2H3. The monoisotopic (exact) mass is 319 g/mol. The van der Waals surface area contributed by atoms with Crippen LogP contribution in [0.1, 0.15) is 52.9 Å². The minimum Gasteiger partial charge on any atom is -0.306 e. The Hall–Kier alpha value is -0.830. The zero-order valence-electron chi connectivity index (χ0n) is 12.7. The van der Waals surface area contributed by atoms with Gasteiger partial charge in [-0.15, -0.1) is 11.3 Å². The van der Waals surface area contributed by atoms with Crippen molar-refractivity contribution >= 4 is 22.9 Å². The van der Waals surface area contributed by atoms with Gasteiger partial charge >= 0.3 is 0 Å². The van der Waals surface area contributed by atoms with E-state index in [9.17, 15) is 0 Å². The van der Waals surface area contributed by atoms with Crippen LogP contribution in [0, 0.1) is 6.92 Å². The van der Waals surface area contributed by atoms with Crippen molar-refractivity contribution in [1.82, 2.24) is 5.32 Å². The number of fused-ring (bicyclic) bond motifs is 1. The molecular weight excluding hydrogens is 298 g/mol. The summed E-state index contributed by atoms with van der Waals surface area (Å²) in [5.41, 5.74) is 5.59. The topological polar surface area (TPSA) is 12.0 Å². The SMILES string of the molecule is CCCNC(c1ccc2c(c1)CCC2)c1scc(C)c1Cl. The van der Waals surface area contributed by atoms with Gasteiger partial charge in [0.25, 0.3) is 0 Å². The third-order valence-electron chi connectivity index (χ3n) is 4.24. The third-order valence-corrected chi connectivity index (χ3v) is 6.02. The van der Waals surface area contributed by atoms with Gasteiger partial charge in [-0.25, -0.2) is 0 Å². The molecule has 21 heavy (non-hydrogen) atoms. The van der Waals surface area contributed by atoms with Gasteiger partial charge in [-0.1, -0.05) is 36.7 Å². The van der Waals surface area contributed by atoms with Crippen molar-refractivity contribution in [3.05, 3.63) is 55.7 Å². The zero-order valence-corrected chi connectivity index (χ0v) is 14.3. The van der Waals surface area contributed by atoms with Gasteiger partial charge in [0.05, 0.1) is 11.1 Å². The quantitative estimate of drug-likeness (QED) is 0.789. The fourth-order valence-corrected chi connectivity index (χ4v) is 4.47. The van der Waals surface area contributed by atoms with Gasteiger partial charge in [0, 0.05) is 4.88 Å². The second-order valence-electron chi connectivity index (χ2n) is 5.87. The molecule has 1 heterocycles. The Balaban J connectivity index is 1.97. The van der Waals surface area contributed by atoms with E-state index in [4.69, 9.17) is 11.6 Å². The van der Waals surface area contributed by atoms with E-state index >= 15 is 0 Å². The van der Waals surface area contributed by atoms with Crippen molar-refractivity contribution in [3.63, 3.8) is 0 Å². The van der Waals surface area contributed by atoms with Crippen molar-refractivity contribution in [2.75, 3.05) is 6.54 Å². The molecule has 0 saturated carbocycles. The number of benzene rings is 1. The zero-order chi connectivity index (χ0) is 14.8. The number of aryl methyl sites for hydroxylation is 3. The highest BCUT2D eigenvalue weighted by atomic mass is 35.5. The lowest BCUT2D eigenvalue weighted by molar-refractivity contribution is 0.605. The van der Waals surface area contributed by atoms with Gasteiger partial charge in [0.15, 0.2) is 0 Å². The summed E-state index contributed by atoms with van der Waals surface area (Å²) in [4.78, 5) is 1.25. The lowest BCUT2D eigenvalue weighted by atomic mass is 9.99. The van der Waals surface area contributed by atoms with Crippen LogP contribution in [-0.2, 0) is 12.8 Å². The first-order chi connectivity index (χ1) is 10.2. The molecule has 0 aliphatic heterocycles. The lowest BCUT2D eigenvalue weighted by Gasteiger charge is -2.19. The average Bonchev–Trinajstić information content (AvgIpc) is 3.08.